The fourth-order valence-electron chi connectivity index (χ4n) is 2.16. The molecule has 2 aromatic rings. The summed E-state index contributed by atoms with van der Waals surface area (Å²) < 4.78 is 5.82. The lowest BCUT2D eigenvalue weighted by atomic mass is 10.0. The maximum Gasteiger partial charge on any atom is 0.110 e. The van der Waals surface area contributed by atoms with E-state index in [1.807, 2.05) is 37.4 Å². The predicted molar refractivity (Wildman–Crippen MR) is 67.1 cm³/mol. The molecule has 0 spiro atoms. The van der Waals surface area contributed by atoms with Crippen molar-refractivity contribution < 1.29 is 4.74 Å². The van der Waals surface area contributed by atoms with Crippen molar-refractivity contribution in [1.29, 1.82) is 0 Å². The number of aryl methyl sites for hydroxylation is 1. The van der Waals surface area contributed by atoms with E-state index < -0.39 is 0 Å². The van der Waals surface area contributed by atoms with Gasteiger partial charge in [0.25, 0.3) is 0 Å². The molecule has 0 N–H and O–H groups in total. The Morgan fingerprint density at radius 1 is 1.29 bits per heavy atom. The highest BCUT2D eigenvalue weighted by Gasteiger charge is 2.25. The minimum Gasteiger partial charge on any atom is -0.364 e. The Hall–Kier alpha value is -1.38. The molecule has 86 valence electrons. The van der Waals surface area contributed by atoms with Crippen molar-refractivity contribution in [2.24, 2.45) is 0 Å². The molecule has 0 saturated carbocycles. The van der Waals surface area contributed by atoms with Gasteiger partial charge in [-0.2, -0.15) is 0 Å². The number of aromatic nitrogens is 1. The van der Waals surface area contributed by atoms with Gasteiger partial charge in [0.2, 0.25) is 0 Å². The van der Waals surface area contributed by atoms with Crippen LogP contribution in [0.4, 0.5) is 0 Å². The van der Waals surface area contributed by atoms with Crippen LogP contribution in [0.3, 0.4) is 0 Å². The maximum absolute atomic E-state index is 5.89. The largest absolute Gasteiger partial charge is 0.364 e. The molecule has 0 unspecified atom stereocenters. The van der Waals surface area contributed by atoms with E-state index in [9.17, 15) is 0 Å². The van der Waals surface area contributed by atoms with Crippen LogP contribution < -0.4 is 0 Å². The van der Waals surface area contributed by atoms with Gasteiger partial charge in [-0.3, -0.25) is 4.98 Å². The van der Waals surface area contributed by atoms with Crippen LogP contribution in [0, 0.1) is 6.92 Å². The van der Waals surface area contributed by atoms with Crippen LogP contribution >= 0.6 is 11.6 Å². The molecule has 0 radical (unpaired) electrons. The predicted octanol–water partition coefficient (Wildman–Crippen LogP) is 3.66. The van der Waals surface area contributed by atoms with Crippen LogP contribution in [0.25, 0.3) is 0 Å². The van der Waals surface area contributed by atoms with Crippen LogP contribution in [-0.4, -0.2) is 4.98 Å². The summed E-state index contributed by atoms with van der Waals surface area (Å²) in [7, 11) is 0. The second kappa shape index (κ2) is 4.13. The van der Waals surface area contributed by atoms with Gasteiger partial charge < -0.3 is 4.74 Å². The third kappa shape index (κ3) is 1.94. The van der Waals surface area contributed by atoms with Crippen molar-refractivity contribution in [1.82, 2.24) is 4.98 Å². The highest BCUT2D eigenvalue weighted by atomic mass is 35.5. The van der Waals surface area contributed by atoms with Crippen molar-refractivity contribution in [3.63, 3.8) is 0 Å². The average molecular weight is 246 g/mol. The molecular formula is C14H12ClNO. The minimum absolute atomic E-state index is 0.00429. The summed E-state index contributed by atoms with van der Waals surface area (Å²) >= 11 is 5.89. The fraction of sp³-hybridized carbons (Fsp3) is 0.214. The van der Waals surface area contributed by atoms with E-state index >= 15 is 0 Å². The van der Waals surface area contributed by atoms with Crippen molar-refractivity contribution in [2.75, 3.05) is 0 Å². The normalized spacial score (nSPS) is 18.1. The van der Waals surface area contributed by atoms with Crippen LogP contribution in [-0.2, 0) is 11.3 Å². The van der Waals surface area contributed by atoms with E-state index in [4.69, 9.17) is 16.3 Å². The number of halogens is 1. The van der Waals surface area contributed by atoms with Gasteiger partial charge in [0.1, 0.15) is 6.10 Å². The number of ether oxygens (including phenoxy) is 1. The zero-order valence-electron chi connectivity index (χ0n) is 9.48. The second-order valence-electron chi connectivity index (χ2n) is 4.27. The molecule has 0 bridgehead atoms. The first-order chi connectivity index (χ1) is 8.24. The first-order valence-corrected chi connectivity index (χ1v) is 5.94. The Kier molecular flexibility index (Phi) is 2.61. The van der Waals surface area contributed by atoms with Gasteiger partial charge in [0, 0.05) is 22.5 Å². The standard InChI is InChI=1S/C14H12ClNO/c1-9-6-11-8-17-14(13(11)7-16-9)10-2-4-12(15)5-3-10/h2-7,14H,8H2,1H3/t14-/m0/s1. The van der Waals surface area contributed by atoms with E-state index in [0.29, 0.717) is 6.61 Å². The lowest BCUT2D eigenvalue weighted by molar-refractivity contribution is 0.0938. The molecule has 0 saturated heterocycles. The molecule has 3 rings (SSSR count). The molecule has 17 heavy (non-hydrogen) atoms. The third-order valence-electron chi connectivity index (χ3n) is 3.02. The molecule has 0 amide bonds. The Morgan fingerprint density at radius 3 is 2.82 bits per heavy atom. The molecule has 1 aromatic carbocycles. The number of hydrogen-bond donors (Lipinski definition) is 0. The quantitative estimate of drug-likeness (QED) is 0.765. The third-order valence-corrected chi connectivity index (χ3v) is 3.27. The second-order valence-corrected chi connectivity index (χ2v) is 4.70. The van der Waals surface area contributed by atoms with Gasteiger partial charge >= 0.3 is 0 Å². The maximum atomic E-state index is 5.89. The zero-order valence-corrected chi connectivity index (χ0v) is 10.2. The smallest absolute Gasteiger partial charge is 0.110 e. The summed E-state index contributed by atoms with van der Waals surface area (Å²) in [4.78, 5) is 4.34. The van der Waals surface area contributed by atoms with Gasteiger partial charge in [0.15, 0.2) is 0 Å². The monoisotopic (exact) mass is 245 g/mol. The number of pyridine rings is 1. The first-order valence-electron chi connectivity index (χ1n) is 5.56. The molecule has 3 heteroatoms. The van der Waals surface area contributed by atoms with Crippen molar-refractivity contribution in [3.05, 3.63) is 63.9 Å². The number of hydrogen-bond acceptors (Lipinski definition) is 2. The van der Waals surface area contributed by atoms with Crippen LogP contribution in [0.15, 0.2) is 36.5 Å². The van der Waals surface area contributed by atoms with E-state index in [-0.39, 0.29) is 6.10 Å². The van der Waals surface area contributed by atoms with Gasteiger partial charge in [-0.05, 0) is 36.2 Å². The lowest BCUT2D eigenvalue weighted by Crippen LogP contribution is -1.98. The number of rotatable bonds is 1. The Labute approximate surface area is 105 Å². The van der Waals surface area contributed by atoms with Gasteiger partial charge in [-0.1, -0.05) is 23.7 Å². The minimum atomic E-state index is -0.00429. The van der Waals surface area contributed by atoms with Gasteiger partial charge in [0.05, 0.1) is 6.61 Å². The summed E-state index contributed by atoms with van der Waals surface area (Å²) in [6.45, 7) is 2.65. The Morgan fingerprint density at radius 2 is 2.06 bits per heavy atom. The van der Waals surface area contributed by atoms with Crippen molar-refractivity contribution >= 4 is 11.6 Å². The molecule has 0 aliphatic carbocycles. The SMILES string of the molecule is Cc1cc2c(cn1)[C@H](c1ccc(Cl)cc1)OC2. The number of benzene rings is 1. The average Bonchev–Trinajstić information content (AvgIpc) is 2.73. The fourth-order valence-corrected chi connectivity index (χ4v) is 2.29. The highest BCUT2D eigenvalue weighted by molar-refractivity contribution is 6.30. The topological polar surface area (TPSA) is 22.1 Å². The summed E-state index contributed by atoms with van der Waals surface area (Å²) in [6.07, 6.45) is 1.91. The molecular weight excluding hydrogens is 234 g/mol. The molecule has 2 nitrogen and oxygen atoms in total. The van der Waals surface area contributed by atoms with E-state index in [1.165, 1.54) is 5.56 Å². The highest BCUT2D eigenvalue weighted by Crippen LogP contribution is 2.35. The van der Waals surface area contributed by atoms with Crippen LogP contribution in [0.1, 0.15) is 28.5 Å². The summed E-state index contributed by atoms with van der Waals surface area (Å²) in [5.74, 6) is 0. The van der Waals surface area contributed by atoms with Crippen molar-refractivity contribution in [3.8, 4) is 0 Å². The lowest BCUT2D eigenvalue weighted by Gasteiger charge is -2.11. The molecule has 1 aliphatic rings. The van der Waals surface area contributed by atoms with Crippen molar-refractivity contribution in [2.45, 2.75) is 19.6 Å². The van der Waals surface area contributed by atoms with E-state index in [1.54, 1.807) is 0 Å². The summed E-state index contributed by atoms with van der Waals surface area (Å²) in [5, 5.41) is 0.744. The van der Waals surface area contributed by atoms with Crippen LogP contribution in [0.5, 0.6) is 0 Å². The van der Waals surface area contributed by atoms with Crippen LogP contribution in [0.2, 0.25) is 5.02 Å². The van der Waals surface area contributed by atoms with Gasteiger partial charge in [-0.15, -0.1) is 0 Å². The zero-order chi connectivity index (χ0) is 11.8. The number of nitrogens with zero attached hydrogens (tertiary/aromatic N) is 1. The first kappa shape index (κ1) is 10.8. The van der Waals surface area contributed by atoms with E-state index in [0.717, 1.165) is 21.8 Å². The molecule has 1 atom stereocenters. The Bertz CT molecular complexity index is 551. The van der Waals surface area contributed by atoms with Gasteiger partial charge in [-0.25, -0.2) is 0 Å². The summed E-state index contributed by atoms with van der Waals surface area (Å²) in [6, 6.07) is 9.87. The van der Waals surface area contributed by atoms with E-state index in [2.05, 4.69) is 11.1 Å². The Balaban J connectivity index is 2.01. The molecule has 1 aliphatic heterocycles. The molecule has 2 heterocycles. The number of fused-ring (bicyclic) bond motifs is 1. The summed E-state index contributed by atoms with van der Waals surface area (Å²) in [5.41, 5.74) is 4.55. The molecule has 0 fully saturated rings. The molecule has 1 aromatic heterocycles.